The summed E-state index contributed by atoms with van der Waals surface area (Å²) in [7, 11) is 0. The Morgan fingerprint density at radius 3 is 2.69 bits per heavy atom. The summed E-state index contributed by atoms with van der Waals surface area (Å²) in [6, 6.07) is 9.84. The normalized spacial score (nSPS) is 14.0. The number of hydrogen-bond donors (Lipinski definition) is 3. The first-order valence-electron chi connectivity index (χ1n) is 10.3. The summed E-state index contributed by atoms with van der Waals surface area (Å²) in [6.07, 6.45) is 1.73. The molecule has 5 rings (SSSR count). The molecule has 1 aromatic carbocycles. The molecule has 8 nitrogen and oxygen atoms in total. The summed E-state index contributed by atoms with van der Waals surface area (Å²) in [5, 5.41) is 30.9. The third kappa shape index (κ3) is 3.31. The third-order valence-corrected chi connectivity index (χ3v) is 5.68. The van der Waals surface area contributed by atoms with Crippen LogP contribution in [0.2, 0.25) is 0 Å². The predicted octanol–water partition coefficient (Wildman–Crippen LogP) is 3.12. The van der Waals surface area contributed by atoms with Gasteiger partial charge in [0.1, 0.15) is 23.5 Å². The van der Waals surface area contributed by atoms with Crippen LogP contribution in [0.5, 0.6) is 5.75 Å². The molecule has 0 saturated carbocycles. The van der Waals surface area contributed by atoms with Gasteiger partial charge in [-0.1, -0.05) is 0 Å². The second-order valence-corrected chi connectivity index (χ2v) is 7.68. The molecular formula is C23H20FN7O. The third-order valence-electron chi connectivity index (χ3n) is 5.68. The van der Waals surface area contributed by atoms with Crippen molar-refractivity contribution in [3.05, 3.63) is 53.6 Å². The number of benzene rings is 1. The van der Waals surface area contributed by atoms with Crippen LogP contribution in [0.1, 0.15) is 11.3 Å². The van der Waals surface area contributed by atoms with Gasteiger partial charge in [-0.05, 0) is 31.2 Å². The topological polar surface area (TPSA) is 114 Å². The highest BCUT2D eigenvalue weighted by atomic mass is 19.1. The zero-order chi connectivity index (χ0) is 22.2. The molecule has 1 fully saturated rings. The first-order chi connectivity index (χ1) is 15.6. The van der Waals surface area contributed by atoms with Gasteiger partial charge < -0.3 is 15.3 Å². The minimum atomic E-state index is -0.668. The number of anilines is 1. The molecule has 0 spiro atoms. The molecule has 160 valence electrons. The Hall–Kier alpha value is -4.03. The van der Waals surface area contributed by atoms with Gasteiger partial charge in [0, 0.05) is 60.8 Å². The van der Waals surface area contributed by atoms with E-state index in [0.717, 1.165) is 49.3 Å². The molecule has 0 radical (unpaired) electrons. The van der Waals surface area contributed by atoms with Gasteiger partial charge in [-0.2, -0.15) is 10.4 Å². The van der Waals surface area contributed by atoms with Gasteiger partial charge >= 0.3 is 0 Å². The van der Waals surface area contributed by atoms with Crippen LogP contribution in [0.15, 0.2) is 36.5 Å². The highest BCUT2D eigenvalue weighted by Crippen LogP contribution is 2.38. The summed E-state index contributed by atoms with van der Waals surface area (Å²) >= 11 is 0. The average molecular weight is 429 g/mol. The lowest BCUT2D eigenvalue weighted by atomic mass is 9.94. The minimum absolute atomic E-state index is 0.119. The number of aromatic nitrogens is 4. The van der Waals surface area contributed by atoms with E-state index in [1.165, 1.54) is 12.1 Å². The van der Waals surface area contributed by atoms with E-state index in [4.69, 9.17) is 0 Å². The maximum Gasteiger partial charge on any atom is 0.182 e. The lowest BCUT2D eigenvalue weighted by Crippen LogP contribution is -2.43. The second kappa shape index (κ2) is 7.90. The molecular weight excluding hydrogens is 409 g/mol. The number of halogens is 1. The molecule has 0 bridgehead atoms. The van der Waals surface area contributed by atoms with Crippen molar-refractivity contribution in [1.82, 2.24) is 25.5 Å². The van der Waals surface area contributed by atoms with E-state index in [1.54, 1.807) is 6.20 Å². The summed E-state index contributed by atoms with van der Waals surface area (Å²) < 4.78 is 14.7. The van der Waals surface area contributed by atoms with E-state index >= 15 is 0 Å². The van der Waals surface area contributed by atoms with Crippen molar-refractivity contribution < 1.29 is 9.50 Å². The molecule has 4 aromatic rings. The van der Waals surface area contributed by atoms with Gasteiger partial charge in [-0.3, -0.25) is 5.10 Å². The van der Waals surface area contributed by atoms with E-state index in [0.29, 0.717) is 16.6 Å². The number of H-pyrrole nitrogens is 1. The molecule has 1 saturated heterocycles. The van der Waals surface area contributed by atoms with Crippen molar-refractivity contribution in [2.75, 3.05) is 31.1 Å². The molecule has 32 heavy (non-hydrogen) atoms. The molecule has 1 aliphatic heterocycles. The molecule has 0 amide bonds. The van der Waals surface area contributed by atoms with Gasteiger partial charge in [0.05, 0.1) is 16.6 Å². The predicted molar refractivity (Wildman–Crippen MR) is 119 cm³/mol. The fourth-order valence-corrected chi connectivity index (χ4v) is 4.11. The van der Waals surface area contributed by atoms with Crippen LogP contribution in [0.3, 0.4) is 0 Å². The van der Waals surface area contributed by atoms with Gasteiger partial charge in [0.15, 0.2) is 5.65 Å². The molecule has 9 heteroatoms. The van der Waals surface area contributed by atoms with Crippen molar-refractivity contribution in [2.45, 2.75) is 6.92 Å². The highest BCUT2D eigenvalue weighted by Gasteiger charge is 2.23. The van der Waals surface area contributed by atoms with E-state index in [2.05, 4.69) is 36.5 Å². The second-order valence-electron chi connectivity index (χ2n) is 7.68. The number of nitrogens with one attached hydrogen (secondary N) is 2. The van der Waals surface area contributed by atoms with Crippen molar-refractivity contribution in [3.8, 4) is 34.2 Å². The molecule has 3 aromatic heterocycles. The van der Waals surface area contributed by atoms with Crippen LogP contribution in [0.25, 0.3) is 33.4 Å². The number of aromatic hydroxyl groups is 1. The van der Waals surface area contributed by atoms with Crippen LogP contribution in [0.4, 0.5) is 10.2 Å². The standard InChI is InChI=1S/C23H20FN7O/c1-13-20-21(14-2-5-19(27-12-14)31-8-6-26-7-9-31)17(11-25)22(28-23(20)30-29-13)16-4-3-15(32)10-18(16)24/h2-5,10,12,26,32H,6-9H2,1H3,(H,28,29,30). The molecule has 3 N–H and O–H groups in total. The molecule has 0 unspecified atom stereocenters. The Bertz CT molecular complexity index is 1350. The first kappa shape index (κ1) is 19.9. The zero-order valence-corrected chi connectivity index (χ0v) is 17.4. The van der Waals surface area contributed by atoms with E-state index in [1.807, 2.05) is 19.1 Å². The average Bonchev–Trinajstić information content (AvgIpc) is 3.19. The highest BCUT2D eigenvalue weighted by molar-refractivity contribution is 6.00. The minimum Gasteiger partial charge on any atom is -0.508 e. The number of fused-ring (bicyclic) bond motifs is 1. The number of phenols is 1. The number of nitriles is 1. The van der Waals surface area contributed by atoms with Gasteiger partial charge in [0.2, 0.25) is 0 Å². The van der Waals surface area contributed by atoms with Crippen LogP contribution >= 0.6 is 0 Å². The number of phenolic OH excluding ortho intramolecular Hbond substituents is 1. The maximum absolute atomic E-state index is 14.7. The summed E-state index contributed by atoms with van der Waals surface area (Å²) in [5.41, 5.74) is 2.97. The van der Waals surface area contributed by atoms with Crippen LogP contribution in [-0.2, 0) is 0 Å². The van der Waals surface area contributed by atoms with Crippen LogP contribution in [0, 0.1) is 24.1 Å². The van der Waals surface area contributed by atoms with E-state index in [-0.39, 0.29) is 22.6 Å². The largest absolute Gasteiger partial charge is 0.508 e. The van der Waals surface area contributed by atoms with Crippen LogP contribution < -0.4 is 10.2 Å². The number of aromatic amines is 1. The van der Waals surface area contributed by atoms with Crippen molar-refractivity contribution >= 4 is 16.9 Å². The Balaban J connectivity index is 1.71. The Kier molecular flexibility index (Phi) is 4.92. The number of hydrogen-bond acceptors (Lipinski definition) is 7. The van der Waals surface area contributed by atoms with Crippen molar-refractivity contribution in [2.24, 2.45) is 0 Å². The van der Waals surface area contributed by atoms with Gasteiger partial charge in [-0.15, -0.1) is 0 Å². The summed E-state index contributed by atoms with van der Waals surface area (Å²) in [5.74, 6) is 0.000823. The van der Waals surface area contributed by atoms with E-state index < -0.39 is 5.82 Å². The Morgan fingerprint density at radius 2 is 2.00 bits per heavy atom. The number of nitrogens with zero attached hydrogens (tertiary/aromatic N) is 5. The number of pyridine rings is 2. The lowest BCUT2D eigenvalue weighted by molar-refractivity contribution is 0.469. The van der Waals surface area contributed by atoms with Gasteiger partial charge in [0.25, 0.3) is 0 Å². The lowest BCUT2D eigenvalue weighted by Gasteiger charge is -2.28. The van der Waals surface area contributed by atoms with Crippen LogP contribution in [-0.4, -0.2) is 51.5 Å². The Labute approximate surface area is 183 Å². The monoisotopic (exact) mass is 429 g/mol. The van der Waals surface area contributed by atoms with Crippen molar-refractivity contribution in [3.63, 3.8) is 0 Å². The molecule has 4 heterocycles. The smallest absolute Gasteiger partial charge is 0.182 e. The number of piperazine rings is 1. The fourth-order valence-electron chi connectivity index (χ4n) is 4.11. The van der Waals surface area contributed by atoms with E-state index in [9.17, 15) is 14.8 Å². The Morgan fingerprint density at radius 1 is 1.19 bits per heavy atom. The number of rotatable bonds is 3. The molecule has 0 atom stereocenters. The summed E-state index contributed by atoms with van der Waals surface area (Å²) in [4.78, 5) is 11.3. The maximum atomic E-state index is 14.7. The molecule has 0 aliphatic carbocycles. The quantitative estimate of drug-likeness (QED) is 0.458. The van der Waals surface area contributed by atoms with Gasteiger partial charge in [-0.25, -0.2) is 14.4 Å². The fraction of sp³-hybridized carbons (Fsp3) is 0.217. The summed E-state index contributed by atoms with van der Waals surface area (Å²) in [6.45, 7) is 5.41. The zero-order valence-electron chi connectivity index (χ0n) is 17.4. The van der Waals surface area contributed by atoms with Crippen molar-refractivity contribution in [1.29, 1.82) is 5.26 Å². The SMILES string of the molecule is Cc1[nH]nc2nc(-c3ccc(O)cc3F)c(C#N)c(-c3ccc(N4CCNCC4)nc3)c12. The first-order valence-corrected chi connectivity index (χ1v) is 10.3. The number of aryl methyl sites for hydroxylation is 1. The molecule has 1 aliphatic rings.